The summed E-state index contributed by atoms with van der Waals surface area (Å²) < 4.78 is 1.04. The van der Waals surface area contributed by atoms with E-state index in [1.54, 1.807) is 0 Å². The minimum absolute atomic E-state index is 0.0515. The van der Waals surface area contributed by atoms with Crippen molar-refractivity contribution in [3.05, 3.63) is 34.3 Å². The van der Waals surface area contributed by atoms with Crippen LogP contribution in [0.3, 0.4) is 0 Å². The van der Waals surface area contributed by atoms with Crippen LogP contribution in [0.5, 0.6) is 0 Å². The number of nitrogens with one attached hydrogen (secondary N) is 1. The lowest BCUT2D eigenvalue weighted by atomic mass is 9.77. The highest BCUT2D eigenvalue weighted by molar-refractivity contribution is 9.10. The largest absolute Gasteiger partial charge is 0.350 e. The molecular weight excluding hydrogens is 382 g/mol. The number of carbonyl (C=O) groups is 1. The molecule has 1 aromatic rings. The normalized spacial score (nSPS) is 26.2. The molecule has 4 heteroatoms. The molecule has 1 N–H and O–H groups in total. The highest BCUT2D eigenvalue weighted by Gasteiger charge is 2.35. The topological polar surface area (TPSA) is 29.1 Å². The summed E-state index contributed by atoms with van der Waals surface area (Å²) in [6, 6.07) is 7.94. The van der Waals surface area contributed by atoms with Gasteiger partial charge in [0.2, 0.25) is 5.91 Å². The molecule has 1 aromatic carbocycles. The predicted molar refractivity (Wildman–Crippen MR) is 90.1 cm³/mol. The molecule has 2 rings (SSSR count). The summed E-state index contributed by atoms with van der Waals surface area (Å²) in [5.41, 5.74) is 1.00. The molecule has 1 aliphatic rings. The summed E-state index contributed by atoms with van der Waals surface area (Å²) >= 11 is 7.01. The van der Waals surface area contributed by atoms with Crippen LogP contribution in [0.15, 0.2) is 28.7 Å². The molecule has 0 spiro atoms. The van der Waals surface area contributed by atoms with Crippen LogP contribution >= 0.6 is 31.9 Å². The Kier molecular flexibility index (Phi) is 5.67. The van der Waals surface area contributed by atoms with E-state index in [1.807, 2.05) is 24.3 Å². The average molecular weight is 403 g/mol. The van der Waals surface area contributed by atoms with Crippen molar-refractivity contribution in [3.63, 3.8) is 0 Å². The molecule has 2 nitrogen and oxygen atoms in total. The second kappa shape index (κ2) is 7.08. The Morgan fingerprint density at radius 3 is 2.70 bits per heavy atom. The van der Waals surface area contributed by atoms with Gasteiger partial charge in [-0.05, 0) is 36.5 Å². The number of amides is 1. The summed E-state index contributed by atoms with van der Waals surface area (Å²) in [6.45, 7) is 2.28. The lowest BCUT2D eigenvalue weighted by Crippen LogP contribution is -2.53. The zero-order valence-electron chi connectivity index (χ0n) is 11.8. The van der Waals surface area contributed by atoms with Crippen LogP contribution in [0.25, 0.3) is 0 Å². The Hall–Kier alpha value is -0.350. The average Bonchev–Trinajstić information content (AvgIpc) is 2.41. The van der Waals surface area contributed by atoms with Crippen LogP contribution in [0.2, 0.25) is 0 Å². The quantitative estimate of drug-likeness (QED) is 0.740. The first-order valence-corrected chi connectivity index (χ1v) is 9.06. The number of benzene rings is 1. The van der Waals surface area contributed by atoms with E-state index in [9.17, 15) is 4.79 Å². The summed E-state index contributed by atoms with van der Waals surface area (Å²) in [6.07, 6.45) is 5.08. The van der Waals surface area contributed by atoms with Crippen molar-refractivity contribution in [2.45, 2.75) is 44.6 Å². The maximum absolute atomic E-state index is 12.3. The molecule has 1 saturated carbocycles. The van der Waals surface area contributed by atoms with E-state index in [2.05, 4.69) is 44.1 Å². The fraction of sp³-hybridized carbons (Fsp3) is 0.562. The van der Waals surface area contributed by atoms with Crippen molar-refractivity contribution in [1.82, 2.24) is 5.32 Å². The van der Waals surface area contributed by atoms with Crippen LogP contribution in [0.1, 0.15) is 38.2 Å². The highest BCUT2D eigenvalue weighted by Crippen LogP contribution is 2.33. The van der Waals surface area contributed by atoms with Gasteiger partial charge in [-0.15, -0.1) is 0 Å². The molecule has 1 amide bonds. The van der Waals surface area contributed by atoms with Crippen molar-refractivity contribution in [3.8, 4) is 0 Å². The van der Waals surface area contributed by atoms with Crippen molar-refractivity contribution in [2.75, 3.05) is 5.33 Å². The van der Waals surface area contributed by atoms with E-state index >= 15 is 0 Å². The first kappa shape index (κ1) is 16.0. The van der Waals surface area contributed by atoms with Gasteiger partial charge in [-0.2, -0.15) is 0 Å². The van der Waals surface area contributed by atoms with Crippen LogP contribution in [-0.4, -0.2) is 16.8 Å². The number of alkyl halides is 1. The second-order valence-electron chi connectivity index (χ2n) is 5.97. The lowest BCUT2D eigenvalue weighted by Gasteiger charge is -2.39. The van der Waals surface area contributed by atoms with Crippen LogP contribution in [0, 0.1) is 5.92 Å². The van der Waals surface area contributed by atoms with Gasteiger partial charge in [0.25, 0.3) is 0 Å². The van der Waals surface area contributed by atoms with Gasteiger partial charge in [0.15, 0.2) is 0 Å². The Morgan fingerprint density at radius 1 is 1.40 bits per heavy atom. The Morgan fingerprint density at radius 2 is 2.10 bits per heavy atom. The second-order valence-corrected chi connectivity index (χ2v) is 7.44. The van der Waals surface area contributed by atoms with Gasteiger partial charge in [-0.3, -0.25) is 4.79 Å². The fourth-order valence-corrected chi connectivity index (χ4v) is 3.97. The van der Waals surface area contributed by atoms with Crippen LogP contribution < -0.4 is 5.32 Å². The third-order valence-electron chi connectivity index (χ3n) is 4.03. The molecule has 0 aromatic heterocycles. The first-order chi connectivity index (χ1) is 9.53. The van der Waals surface area contributed by atoms with Gasteiger partial charge in [0, 0.05) is 15.3 Å². The zero-order valence-corrected chi connectivity index (χ0v) is 15.0. The summed E-state index contributed by atoms with van der Waals surface area (Å²) in [7, 11) is 0. The van der Waals surface area contributed by atoms with Gasteiger partial charge >= 0.3 is 0 Å². The minimum Gasteiger partial charge on any atom is -0.350 e. The maximum atomic E-state index is 12.3. The van der Waals surface area contributed by atoms with Gasteiger partial charge in [-0.1, -0.05) is 63.8 Å². The molecule has 0 heterocycles. The monoisotopic (exact) mass is 401 g/mol. The molecule has 1 aliphatic carbocycles. The number of rotatable bonds is 4. The van der Waals surface area contributed by atoms with E-state index < -0.39 is 0 Å². The summed E-state index contributed by atoms with van der Waals surface area (Å²) in [5.74, 6) is 0.815. The fourth-order valence-electron chi connectivity index (χ4n) is 3.06. The number of halogens is 2. The third-order valence-corrected chi connectivity index (χ3v) is 5.63. The standard InChI is InChI=1S/C16H21Br2NO/c1-12-3-2-8-16(10-12,11-17)19-15(20)9-13-4-6-14(18)7-5-13/h4-7,12H,2-3,8-11H2,1H3,(H,19,20). The van der Waals surface area contributed by atoms with E-state index in [4.69, 9.17) is 0 Å². The Balaban J connectivity index is 1.97. The molecule has 0 saturated heterocycles. The SMILES string of the molecule is CC1CCCC(CBr)(NC(=O)Cc2ccc(Br)cc2)C1. The lowest BCUT2D eigenvalue weighted by molar-refractivity contribution is -0.122. The van der Waals surface area contributed by atoms with E-state index in [0.29, 0.717) is 12.3 Å². The van der Waals surface area contributed by atoms with Crippen LogP contribution in [-0.2, 0) is 11.2 Å². The molecule has 0 aliphatic heterocycles. The molecular formula is C16H21Br2NO. The first-order valence-electron chi connectivity index (χ1n) is 7.14. The Bertz CT molecular complexity index is 460. The predicted octanol–water partition coefficient (Wildman–Crippen LogP) is 4.45. The highest BCUT2D eigenvalue weighted by atomic mass is 79.9. The van der Waals surface area contributed by atoms with Gasteiger partial charge in [-0.25, -0.2) is 0 Å². The number of carbonyl (C=O) groups excluding carboxylic acids is 1. The molecule has 2 unspecified atom stereocenters. The molecule has 2 atom stereocenters. The molecule has 1 fully saturated rings. The summed E-state index contributed by atoms with van der Waals surface area (Å²) in [4.78, 5) is 12.3. The minimum atomic E-state index is -0.0515. The zero-order chi connectivity index (χ0) is 14.6. The van der Waals surface area contributed by atoms with Crippen molar-refractivity contribution in [2.24, 2.45) is 5.92 Å². The number of hydrogen-bond acceptors (Lipinski definition) is 1. The van der Waals surface area contributed by atoms with E-state index in [1.165, 1.54) is 12.8 Å². The molecule has 0 radical (unpaired) electrons. The smallest absolute Gasteiger partial charge is 0.224 e. The van der Waals surface area contributed by atoms with Crippen LogP contribution in [0.4, 0.5) is 0 Å². The van der Waals surface area contributed by atoms with E-state index in [-0.39, 0.29) is 11.4 Å². The molecule has 0 bridgehead atoms. The molecule has 110 valence electrons. The van der Waals surface area contributed by atoms with Gasteiger partial charge in [0.05, 0.1) is 6.42 Å². The van der Waals surface area contributed by atoms with Crippen molar-refractivity contribution >= 4 is 37.8 Å². The van der Waals surface area contributed by atoms with Crippen molar-refractivity contribution < 1.29 is 4.79 Å². The van der Waals surface area contributed by atoms with E-state index in [0.717, 1.165) is 28.2 Å². The number of hydrogen-bond donors (Lipinski definition) is 1. The molecule has 20 heavy (non-hydrogen) atoms. The van der Waals surface area contributed by atoms with Crippen molar-refractivity contribution in [1.29, 1.82) is 0 Å². The Labute approximate surface area is 138 Å². The van der Waals surface area contributed by atoms with Gasteiger partial charge < -0.3 is 5.32 Å². The summed E-state index contributed by atoms with van der Waals surface area (Å²) in [5, 5.41) is 4.12. The third kappa shape index (κ3) is 4.32. The van der Waals surface area contributed by atoms with Gasteiger partial charge in [0.1, 0.15) is 0 Å². The maximum Gasteiger partial charge on any atom is 0.224 e.